The number of ether oxygens (including phenoxy) is 1. The standard InChI is InChI=1S/C21H23FN2O3/c1-15-3-5-16(6-4-15)13-20(25)23-9-11-24(12-10-23)21(26)18-14-17(22)7-8-19(18)27-2/h3-8,14H,9-13H2,1-2H3. The second-order valence-electron chi connectivity index (χ2n) is 6.68. The summed E-state index contributed by atoms with van der Waals surface area (Å²) in [5, 5.41) is 0. The lowest BCUT2D eigenvalue weighted by Gasteiger charge is -2.35. The number of carbonyl (C=O) groups excluding carboxylic acids is 2. The van der Waals surface area contributed by atoms with Crippen LogP contribution in [0.2, 0.25) is 0 Å². The van der Waals surface area contributed by atoms with Gasteiger partial charge in [0.1, 0.15) is 11.6 Å². The summed E-state index contributed by atoms with van der Waals surface area (Å²) in [4.78, 5) is 28.6. The zero-order valence-electron chi connectivity index (χ0n) is 15.6. The van der Waals surface area contributed by atoms with Crippen molar-refractivity contribution in [1.82, 2.24) is 9.80 Å². The van der Waals surface area contributed by atoms with Crippen LogP contribution in [-0.4, -0.2) is 54.9 Å². The van der Waals surface area contributed by atoms with E-state index in [1.54, 1.807) is 9.80 Å². The van der Waals surface area contributed by atoms with E-state index in [0.29, 0.717) is 38.3 Å². The van der Waals surface area contributed by atoms with Gasteiger partial charge in [-0.25, -0.2) is 4.39 Å². The van der Waals surface area contributed by atoms with Gasteiger partial charge in [0.15, 0.2) is 0 Å². The molecule has 2 aromatic carbocycles. The first-order valence-electron chi connectivity index (χ1n) is 8.94. The molecule has 2 aromatic rings. The fourth-order valence-corrected chi connectivity index (χ4v) is 3.17. The Bertz CT molecular complexity index is 828. The van der Waals surface area contributed by atoms with Gasteiger partial charge in [0.25, 0.3) is 5.91 Å². The smallest absolute Gasteiger partial charge is 0.257 e. The second kappa shape index (κ2) is 8.20. The molecule has 27 heavy (non-hydrogen) atoms. The van der Waals surface area contributed by atoms with E-state index in [1.165, 1.54) is 25.3 Å². The predicted molar refractivity (Wildman–Crippen MR) is 100 cm³/mol. The number of piperazine rings is 1. The van der Waals surface area contributed by atoms with Crippen LogP contribution < -0.4 is 4.74 Å². The minimum atomic E-state index is -0.480. The van der Waals surface area contributed by atoms with Crippen LogP contribution in [0, 0.1) is 12.7 Å². The molecule has 0 atom stereocenters. The van der Waals surface area contributed by atoms with Crippen LogP contribution >= 0.6 is 0 Å². The third-order valence-electron chi connectivity index (χ3n) is 4.79. The lowest BCUT2D eigenvalue weighted by atomic mass is 10.1. The van der Waals surface area contributed by atoms with Crippen LogP contribution in [0.4, 0.5) is 4.39 Å². The van der Waals surface area contributed by atoms with Crippen molar-refractivity contribution in [3.05, 3.63) is 65.0 Å². The molecule has 0 spiro atoms. The van der Waals surface area contributed by atoms with Crippen LogP contribution in [0.5, 0.6) is 5.75 Å². The fourth-order valence-electron chi connectivity index (χ4n) is 3.17. The molecule has 1 fully saturated rings. The Balaban J connectivity index is 1.60. The van der Waals surface area contributed by atoms with E-state index in [9.17, 15) is 14.0 Å². The summed E-state index contributed by atoms with van der Waals surface area (Å²) in [5.74, 6) is -0.364. The van der Waals surface area contributed by atoms with Gasteiger partial charge in [0.2, 0.25) is 5.91 Å². The Kier molecular flexibility index (Phi) is 5.74. The summed E-state index contributed by atoms with van der Waals surface area (Å²) in [6, 6.07) is 11.8. The molecule has 2 amide bonds. The van der Waals surface area contributed by atoms with Crippen LogP contribution in [-0.2, 0) is 11.2 Å². The van der Waals surface area contributed by atoms with E-state index >= 15 is 0 Å². The van der Waals surface area contributed by atoms with Gasteiger partial charge in [0, 0.05) is 26.2 Å². The number of amides is 2. The van der Waals surface area contributed by atoms with Gasteiger partial charge in [0.05, 0.1) is 19.1 Å². The Hall–Kier alpha value is -2.89. The molecule has 1 aliphatic rings. The van der Waals surface area contributed by atoms with Crippen LogP contribution in [0.1, 0.15) is 21.5 Å². The number of halogens is 1. The van der Waals surface area contributed by atoms with Crippen molar-refractivity contribution in [3.8, 4) is 5.75 Å². The zero-order chi connectivity index (χ0) is 19.4. The molecule has 5 nitrogen and oxygen atoms in total. The maximum Gasteiger partial charge on any atom is 0.257 e. The monoisotopic (exact) mass is 370 g/mol. The van der Waals surface area contributed by atoms with E-state index in [4.69, 9.17) is 4.74 Å². The predicted octanol–water partition coefficient (Wildman–Crippen LogP) is 2.67. The third-order valence-corrected chi connectivity index (χ3v) is 4.79. The molecule has 0 aliphatic carbocycles. The first-order valence-corrected chi connectivity index (χ1v) is 8.94. The van der Waals surface area contributed by atoms with Crippen molar-refractivity contribution in [2.24, 2.45) is 0 Å². The van der Waals surface area contributed by atoms with Crippen molar-refractivity contribution in [1.29, 1.82) is 0 Å². The van der Waals surface area contributed by atoms with Crippen molar-refractivity contribution in [3.63, 3.8) is 0 Å². The highest BCUT2D eigenvalue weighted by Gasteiger charge is 2.26. The molecule has 1 saturated heterocycles. The maximum absolute atomic E-state index is 13.5. The molecule has 0 radical (unpaired) electrons. The first-order chi connectivity index (χ1) is 13.0. The number of nitrogens with zero attached hydrogens (tertiary/aromatic N) is 2. The minimum Gasteiger partial charge on any atom is -0.496 e. The van der Waals surface area contributed by atoms with Gasteiger partial charge in [-0.3, -0.25) is 9.59 Å². The highest BCUT2D eigenvalue weighted by atomic mass is 19.1. The van der Waals surface area contributed by atoms with E-state index in [-0.39, 0.29) is 17.4 Å². The molecular formula is C21H23FN2O3. The Morgan fingerprint density at radius 2 is 1.63 bits per heavy atom. The van der Waals surface area contributed by atoms with Crippen molar-refractivity contribution in [2.45, 2.75) is 13.3 Å². The van der Waals surface area contributed by atoms with Crippen LogP contribution in [0.15, 0.2) is 42.5 Å². The van der Waals surface area contributed by atoms with Gasteiger partial charge in [-0.2, -0.15) is 0 Å². The number of rotatable bonds is 4. The summed E-state index contributed by atoms with van der Waals surface area (Å²) >= 11 is 0. The summed E-state index contributed by atoms with van der Waals surface area (Å²) in [7, 11) is 1.45. The van der Waals surface area contributed by atoms with Crippen molar-refractivity contribution < 1.29 is 18.7 Å². The van der Waals surface area contributed by atoms with Crippen LogP contribution in [0.3, 0.4) is 0 Å². The Morgan fingerprint density at radius 3 is 2.26 bits per heavy atom. The number of hydrogen-bond donors (Lipinski definition) is 0. The maximum atomic E-state index is 13.5. The Morgan fingerprint density at radius 1 is 1.00 bits per heavy atom. The first kappa shape index (κ1) is 18.9. The van der Waals surface area contributed by atoms with Gasteiger partial charge >= 0.3 is 0 Å². The number of methoxy groups -OCH3 is 1. The molecule has 0 unspecified atom stereocenters. The Labute approximate surface area is 158 Å². The van der Waals surface area contributed by atoms with E-state index < -0.39 is 5.82 Å². The van der Waals surface area contributed by atoms with Crippen molar-refractivity contribution >= 4 is 11.8 Å². The largest absolute Gasteiger partial charge is 0.496 e. The summed E-state index contributed by atoms with van der Waals surface area (Å²) in [5.41, 5.74) is 2.34. The van der Waals surface area contributed by atoms with E-state index in [2.05, 4.69) is 0 Å². The number of aryl methyl sites for hydroxylation is 1. The zero-order valence-corrected chi connectivity index (χ0v) is 15.6. The van der Waals surface area contributed by atoms with Crippen molar-refractivity contribution in [2.75, 3.05) is 33.3 Å². The number of benzene rings is 2. The lowest BCUT2D eigenvalue weighted by Crippen LogP contribution is -2.51. The molecule has 0 aromatic heterocycles. The summed E-state index contributed by atoms with van der Waals surface area (Å²) in [6.45, 7) is 3.77. The molecule has 3 rings (SSSR count). The molecular weight excluding hydrogens is 347 g/mol. The quantitative estimate of drug-likeness (QED) is 0.831. The lowest BCUT2D eigenvalue weighted by molar-refractivity contribution is -0.131. The second-order valence-corrected chi connectivity index (χ2v) is 6.68. The minimum absolute atomic E-state index is 0.0503. The summed E-state index contributed by atoms with van der Waals surface area (Å²) < 4.78 is 18.7. The molecule has 1 heterocycles. The topological polar surface area (TPSA) is 49.9 Å². The number of hydrogen-bond acceptors (Lipinski definition) is 3. The molecule has 142 valence electrons. The van der Waals surface area contributed by atoms with Crippen LogP contribution in [0.25, 0.3) is 0 Å². The van der Waals surface area contributed by atoms with Gasteiger partial charge < -0.3 is 14.5 Å². The molecule has 0 bridgehead atoms. The number of carbonyl (C=O) groups is 2. The third kappa shape index (κ3) is 4.45. The molecule has 1 aliphatic heterocycles. The highest BCUT2D eigenvalue weighted by Crippen LogP contribution is 2.22. The average molecular weight is 370 g/mol. The average Bonchev–Trinajstić information content (AvgIpc) is 2.69. The molecule has 0 N–H and O–H groups in total. The van der Waals surface area contributed by atoms with E-state index in [1.807, 2.05) is 31.2 Å². The molecule has 0 saturated carbocycles. The summed E-state index contributed by atoms with van der Waals surface area (Å²) in [6.07, 6.45) is 0.353. The highest BCUT2D eigenvalue weighted by molar-refractivity contribution is 5.97. The normalized spacial score (nSPS) is 14.2. The SMILES string of the molecule is COc1ccc(F)cc1C(=O)N1CCN(C(=O)Cc2ccc(C)cc2)CC1. The van der Waals surface area contributed by atoms with Gasteiger partial charge in [-0.15, -0.1) is 0 Å². The van der Waals surface area contributed by atoms with E-state index in [0.717, 1.165) is 11.1 Å². The molecule has 6 heteroatoms. The van der Waals surface area contributed by atoms with Gasteiger partial charge in [-0.1, -0.05) is 29.8 Å². The van der Waals surface area contributed by atoms with Gasteiger partial charge in [-0.05, 0) is 30.7 Å². The fraction of sp³-hybridized carbons (Fsp3) is 0.333.